The van der Waals surface area contributed by atoms with Gasteiger partial charge in [-0.2, -0.15) is 9.36 Å². The summed E-state index contributed by atoms with van der Waals surface area (Å²) in [7, 11) is -3.25. The Hall–Kier alpha value is -3.54. The molecule has 6 heterocycles. The minimum atomic E-state index is -3.25. The Bertz CT molecular complexity index is 2590. The first-order chi connectivity index (χ1) is 23.5. The number of rotatable bonds is 8. The fourth-order valence-corrected chi connectivity index (χ4v) is 11.0. The van der Waals surface area contributed by atoms with Gasteiger partial charge in [-0.1, -0.05) is 23.2 Å². The van der Waals surface area contributed by atoms with Gasteiger partial charge in [0.2, 0.25) is 10.3 Å². The van der Waals surface area contributed by atoms with E-state index in [0.29, 0.717) is 24.7 Å². The molecule has 0 aliphatic heterocycles. The van der Waals surface area contributed by atoms with Crippen molar-refractivity contribution in [3.8, 4) is 10.0 Å². The number of hydrogen-bond donors (Lipinski definition) is 1. The fraction of sp³-hybridized carbons (Fsp3) is 0.0385. The standard InChI is InChI=1S/C13H8ClN5O2S4.C13H6ClN5O2S3/c1-25(20,21)7-2-3-9-10(6-7)23-13(15-9)24-12-16-17-18-19(12)11-8(14)4-5-22-11;14-7-3-4-22-10(7)19-12(16-17-18-19)24-13-15-8-2-1-6(11(20)21)5-9(8)23-13/h2-6H,1H3;1-5H,(H,20,21). The summed E-state index contributed by atoms with van der Waals surface area (Å²) < 4.78 is 29.5. The van der Waals surface area contributed by atoms with Gasteiger partial charge >= 0.3 is 5.97 Å². The van der Waals surface area contributed by atoms with E-state index in [1.807, 2.05) is 10.8 Å². The third kappa shape index (κ3) is 7.35. The molecule has 0 amide bonds. The van der Waals surface area contributed by atoms with Crippen molar-refractivity contribution in [2.24, 2.45) is 0 Å². The summed E-state index contributed by atoms with van der Waals surface area (Å²) in [5, 5.41) is 39.8. The van der Waals surface area contributed by atoms with Crippen LogP contribution in [0.3, 0.4) is 0 Å². The largest absolute Gasteiger partial charge is 0.478 e. The van der Waals surface area contributed by atoms with Gasteiger partial charge in [0.05, 0.1) is 40.9 Å². The molecule has 14 nitrogen and oxygen atoms in total. The molecule has 0 fully saturated rings. The molecule has 248 valence electrons. The Morgan fingerprint density at radius 2 is 1.29 bits per heavy atom. The summed E-state index contributed by atoms with van der Waals surface area (Å²) in [6, 6.07) is 13.3. The number of carbonyl (C=O) groups is 1. The van der Waals surface area contributed by atoms with Crippen LogP contribution in [0.5, 0.6) is 0 Å². The quantitative estimate of drug-likeness (QED) is 0.160. The van der Waals surface area contributed by atoms with E-state index in [1.165, 1.54) is 81.2 Å². The Balaban J connectivity index is 0.000000154. The van der Waals surface area contributed by atoms with Crippen LogP contribution in [0.2, 0.25) is 10.0 Å². The van der Waals surface area contributed by atoms with Gasteiger partial charge in [0.15, 0.2) is 18.5 Å². The Labute approximate surface area is 309 Å². The number of benzene rings is 2. The van der Waals surface area contributed by atoms with Crippen LogP contribution < -0.4 is 0 Å². The maximum atomic E-state index is 11.7. The highest BCUT2D eigenvalue weighted by Crippen LogP contribution is 2.38. The van der Waals surface area contributed by atoms with E-state index in [0.717, 1.165) is 34.8 Å². The van der Waals surface area contributed by atoms with Gasteiger partial charge in [-0.3, -0.25) is 0 Å². The number of nitrogens with zero attached hydrogens (tertiary/aromatic N) is 10. The monoisotopic (exact) mass is 824 g/mol. The summed E-state index contributed by atoms with van der Waals surface area (Å²) in [5.74, 6) is -0.962. The molecule has 0 radical (unpaired) electrons. The van der Waals surface area contributed by atoms with Crippen LogP contribution >= 0.6 is 92.1 Å². The first-order valence-corrected chi connectivity index (χ1v) is 20.8. The number of aromatic nitrogens is 10. The second kappa shape index (κ2) is 14.0. The number of sulfone groups is 1. The summed E-state index contributed by atoms with van der Waals surface area (Å²) in [4.78, 5) is 20.3. The number of carboxylic acids is 1. The number of tetrazole rings is 2. The van der Waals surface area contributed by atoms with Crippen LogP contribution in [-0.4, -0.2) is 76.1 Å². The van der Waals surface area contributed by atoms with Crippen molar-refractivity contribution in [3.63, 3.8) is 0 Å². The molecule has 6 aromatic heterocycles. The van der Waals surface area contributed by atoms with Gasteiger partial charge in [0, 0.05) is 6.26 Å². The summed E-state index contributed by atoms with van der Waals surface area (Å²) >= 11 is 20.5. The van der Waals surface area contributed by atoms with E-state index in [9.17, 15) is 13.2 Å². The molecule has 0 aliphatic carbocycles. The van der Waals surface area contributed by atoms with Crippen molar-refractivity contribution in [3.05, 3.63) is 74.9 Å². The maximum absolute atomic E-state index is 11.7. The predicted octanol–water partition coefficient (Wildman–Crippen LogP) is 7.38. The number of hydrogen-bond acceptors (Lipinski definition) is 17. The van der Waals surface area contributed by atoms with Crippen LogP contribution in [0.1, 0.15) is 10.4 Å². The first-order valence-electron chi connectivity index (χ1n) is 13.2. The molecule has 0 atom stereocenters. The second-order valence-electron chi connectivity index (χ2n) is 9.45. The van der Waals surface area contributed by atoms with Crippen molar-refractivity contribution in [1.29, 1.82) is 0 Å². The molecule has 8 aromatic rings. The smallest absolute Gasteiger partial charge is 0.335 e. The van der Waals surface area contributed by atoms with Gasteiger partial charge in [-0.15, -0.1) is 55.5 Å². The molecule has 49 heavy (non-hydrogen) atoms. The summed E-state index contributed by atoms with van der Waals surface area (Å²) in [6.45, 7) is 0. The molecular formula is C26H14Cl2N10O4S7. The molecule has 23 heteroatoms. The van der Waals surface area contributed by atoms with Crippen molar-refractivity contribution in [2.45, 2.75) is 23.9 Å². The van der Waals surface area contributed by atoms with Crippen molar-refractivity contribution in [2.75, 3.05) is 6.26 Å². The van der Waals surface area contributed by atoms with E-state index in [4.69, 9.17) is 28.3 Å². The highest BCUT2D eigenvalue weighted by Gasteiger charge is 2.19. The van der Waals surface area contributed by atoms with Crippen molar-refractivity contribution < 1.29 is 18.3 Å². The SMILES string of the molecule is CS(=O)(=O)c1ccc2nc(Sc3nnnn3-c3sccc3Cl)sc2c1.O=C(O)c1ccc2nc(Sc3nnnn3-c3sccc3Cl)sc2c1. The van der Waals surface area contributed by atoms with Crippen LogP contribution in [0.4, 0.5) is 0 Å². The molecule has 0 saturated heterocycles. The molecule has 8 rings (SSSR count). The highest BCUT2D eigenvalue weighted by atomic mass is 35.5. The molecule has 0 bridgehead atoms. The maximum Gasteiger partial charge on any atom is 0.335 e. The van der Waals surface area contributed by atoms with Crippen LogP contribution in [0.15, 0.2) is 83.2 Å². The highest BCUT2D eigenvalue weighted by molar-refractivity contribution is 8.01. The molecule has 0 unspecified atom stereocenters. The number of carboxylic acid groups (broad SMARTS) is 1. The van der Waals surface area contributed by atoms with E-state index in [2.05, 4.69) is 41.0 Å². The molecule has 0 saturated carbocycles. The van der Waals surface area contributed by atoms with E-state index < -0.39 is 15.8 Å². The van der Waals surface area contributed by atoms with Crippen molar-refractivity contribution >= 4 is 128 Å². The lowest BCUT2D eigenvalue weighted by Gasteiger charge is -1.99. The summed E-state index contributed by atoms with van der Waals surface area (Å²) in [6.07, 6.45) is 1.18. The molecule has 1 N–H and O–H groups in total. The molecular weight excluding hydrogens is 812 g/mol. The van der Waals surface area contributed by atoms with Crippen molar-refractivity contribution in [1.82, 2.24) is 50.4 Å². The lowest BCUT2D eigenvalue weighted by Crippen LogP contribution is -1.96. The lowest BCUT2D eigenvalue weighted by atomic mass is 10.2. The Morgan fingerprint density at radius 1 is 0.776 bits per heavy atom. The Kier molecular flexibility index (Phi) is 9.69. The second-order valence-corrected chi connectivity index (χ2v) is 18.6. The third-order valence-corrected chi connectivity index (χ3v) is 14.0. The zero-order chi connectivity index (χ0) is 34.3. The number of halogens is 2. The Morgan fingerprint density at radius 3 is 1.76 bits per heavy atom. The van der Waals surface area contributed by atoms with Crippen LogP contribution in [0.25, 0.3) is 30.4 Å². The van der Waals surface area contributed by atoms with Gasteiger partial charge < -0.3 is 5.11 Å². The van der Waals surface area contributed by atoms with E-state index >= 15 is 0 Å². The van der Waals surface area contributed by atoms with E-state index in [1.54, 1.807) is 51.8 Å². The topological polar surface area (TPSA) is 184 Å². The van der Waals surface area contributed by atoms with Crippen LogP contribution in [-0.2, 0) is 9.84 Å². The molecule has 2 aromatic carbocycles. The minimum Gasteiger partial charge on any atom is -0.478 e. The van der Waals surface area contributed by atoms with E-state index in [-0.39, 0.29) is 10.5 Å². The fourth-order valence-electron chi connectivity index (χ4n) is 4.01. The third-order valence-electron chi connectivity index (χ3n) is 6.20. The zero-order valence-electron chi connectivity index (χ0n) is 24.0. The first kappa shape index (κ1) is 33.9. The predicted molar refractivity (Wildman–Crippen MR) is 192 cm³/mol. The van der Waals surface area contributed by atoms with Gasteiger partial charge in [-0.25, -0.2) is 23.2 Å². The van der Waals surface area contributed by atoms with Gasteiger partial charge in [0.25, 0.3) is 0 Å². The van der Waals surface area contributed by atoms with Gasteiger partial charge in [-0.05, 0) is 104 Å². The number of thiophene rings is 2. The average Bonchev–Trinajstić information content (AvgIpc) is 3.90. The minimum absolute atomic E-state index is 0.234. The number of fused-ring (bicyclic) bond motifs is 2. The lowest BCUT2D eigenvalue weighted by molar-refractivity contribution is 0.0697. The normalized spacial score (nSPS) is 11.7. The zero-order valence-corrected chi connectivity index (χ0v) is 31.3. The van der Waals surface area contributed by atoms with Crippen LogP contribution in [0, 0.1) is 0 Å². The molecule has 0 aliphatic rings. The summed E-state index contributed by atoms with van der Waals surface area (Å²) in [5.41, 5.74) is 1.70. The molecule has 0 spiro atoms. The average molecular weight is 826 g/mol. The van der Waals surface area contributed by atoms with Gasteiger partial charge in [0.1, 0.15) is 10.0 Å². The number of thiazole rings is 2. The number of aromatic carboxylic acids is 1.